The fraction of sp³-hybridized carbons (Fsp3) is 0.857. The van der Waals surface area contributed by atoms with E-state index in [1.54, 1.807) is 0 Å². The molecule has 1 N–H and O–H groups in total. The first-order valence-electron chi connectivity index (χ1n) is 11.3. The highest BCUT2D eigenvalue weighted by molar-refractivity contribution is 5.79. The Hall–Kier alpha value is -1.63. The molecule has 0 aromatic carbocycles. The summed E-state index contributed by atoms with van der Waals surface area (Å²) in [5.41, 5.74) is 0.242. The first kappa shape index (κ1) is 17.2. The van der Waals surface area contributed by atoms with Gasteiger partial charge < -0.3 is 19.6 Å². The Bertz CT molecular complexity index is 752. The number of fused-ring (bicyclic) bond motifs is 2. The number of nitrogens with zero attached hydrogens (tertiary/aromatic N) is 4. The van der Waals surface area contributed by atoms with Gasteiger partial charge in [0.2, 0.25) is 5.91 Å². The largest absolute Gasteiger partial charge is 0.356 e. The lowest BCUT2D eigenvalue weighted by molar-refractivity contribution is -0.119. The molecule has 152 valence electrons. The number of carbonyl (C=O) groups excluding carboxylic acids is 1. The molecule has 2 aliphatic carbocycles. The quantitative estimate of drug-likeness (QED) is 0.861. The van der Waals surface area contributed by atoms with E-state index in [4.69, 9.17) is 9.51 Å². The third-order valence-corrected chi connectivity index (χ3v) is 8.14. The van der Waals surface area contributed by atoms with Crippen molar-refractivity contribution in [1.29, 1.82) is 0 Å². The van der Waals surface area contributed by atoms with Gasteiger partial charge in [0, 0.05) is 37.5 Å². The minimum Gasteiger partial charge on any atom is -0.356 e. The van der Waals surface area contributed by atoms with Gasteiger partial charge in [-0.05, 0) is 75.8 Å². The van der Waals surface area contributed by atoms with Gasteiger partial charge in [0.25, 0.3) is 0 Å². The number of carbonyl (C=O) groups is 1. The van der Waals surface area contributed by atoms with Gasteiger partial charge in [0.1, 0.15) is 0 Å². The summed E-state index contributed by atoms with van der Waals surface area (Å²) in [5.74, 6) is 2.49. The molecule has 2 saturated carbocycles. The van der Waals surface area contributed by atoms with Gasteiger partial charge in [0.05, 0.1) is 0 Å². The zero-order valence-electron chi connectivity index (χ0n) is 16.6. The van der Waals surface area contributed by atoms with E-state index < -0.39 is 0 Å². The molecule has 1 aromatic heterocycles. The average Bonchev–Trinajstić information content (AvgIpc) is 3.20. The summed E-state index contributed by atoms with van der Waals surface area (Å²) in [4.78, 5) is 21.6. The van der Waals surface area contributed by atoms with Crippen LogP contribution >= 0.6 is 0 Å². The van der Waals surface area contributed by atoms with Crippen molar-refractivity contribution in [3.63, 3.8) is 0 Å². The molecule has 1 aromatic rings. The molecule has 7 nitrogen and oxygen atoms in total. The number of hydrogen-bond donors (Lipinski definition) is 1. The molecule has 3 atom stereocenters. The Balaban J connectivity index is 1.12. The topological polar surface area (TPSA) is 74.5 Å². The highest BCUT2D eigenvalue weighted by Crippen LogP contribution is 2.43. The molecule has 3 aliphatic heterocycles. The van der Waals surface area contributed by atoms with Crippen LogP contribution in [0.25, 0.3) is 0 Å². The van der Waals surface area contributed by atoms with Crippen LogP contribution in [0, 0.1) is 11.3 Å². The van der Waals surface area contributed by atoms with E-state index in [9.17, 15) is 4.79 Å². The van der Waals surface area contributed by atoms with Gasteiger partial charge in [-0.25, -0.2) is 0 Å². The zero-order chi connectivity index (χ0) is 18.7. The average molecular weight is 386 g/mol. The molecule has 6 rings (SSSR count). The number of nitrogens with one attached hydrogen (secondary N) is 1. The summed E-state index contributed by atoms with van der Waals surface area (Å²) in [5, 5.41) is 7.30. The number of amides is 1. The lowest BCUT2D eigenvalue weighted by Gasteiger charge is -2.43. The van der Waals surface area contributed by atoms with Crippen LogP contribution in [0.4, 0.5) is 6.01 Å². The van der Waals surface area contributed by atoms with Crippen LogP contribution in [0.1, 0.15) is 69.5 Å². The van der Waals surface area contributed by atoms with Crippen molar-refractivity contribution in [2.45, 2.75) is 75.8 Å². The smallest absolute Gasteiger partial charge is 0.324 e. The third kappa shape index (κ3) is 3.02. The number of aromatic nitrogens is 2. The van der Waals surface area contributed by atoms with Crippen molar-refractivity contribution >= 4 is 11.9 Å². The lowest BCUT2D eigenvalue weighted by atomic mass is 9.77. The van der Waals surface area contributed by atoms with Crippen molar-refractivity contribution < 1.29 is 9.32 Å². The van der Waals surface area contributed by atoms with E-state index in [1.165, 1.54) is 38.5 Å². The van der Waals surface area contributed by atoms with Gasteiger partial charge in [-0.15, -0.1) is 0 Å². The standard InChI is InChI=1S/C21H31N5O2/c27-18-11-21(13-22-18)5-7-25(8-6-21)16-4-1-14-9-17(10-16)26(12-14)20-23-19(24-28-20)15-2-3-15/h14-17H,1-13H2,(H,22,27). The van der Waals surface area contributed by atoms with Crippen molar-refractivity contribution in [3.05, 3.63) is 5.82 Å². The molecule has 7 heteroatoms. The van der Waals surface area contributed by atoms with Crippen LogP contribution in [-0.2, 0) is 4.79 Å². The highest BCUT2D eigenvalue weighted by atomic mass is 16.5. The first-order chi connectivity index (χ1) is 13.7. The molecular weight excluding hydrogens is 354 g/mol. The number of piperidine rings is 1. The summed E-state index contributed by atoms with van der Waals surface area (Å²) in [6, 6.07) is 1.96. The van der Waals surface area contributed by atoms with E-state index >= 15 is 0 Å². The molecule has 2 bridgehead atoms. The summed E-state index contributed by atoms with van der Waals surface area (Å²) >= 11 is 0. The second-order valence-electron chi connectivity index (χ2n) is 10.1. The van der Waals surface area contributed by atoms with Crippen LogP contribution in [0.15, 0.2) is 4.52 Å². The molecule has 3 saturated heterocycles. The molecule has 1 spiro atoms. The second-order valence-corrected chi connectivity index (χ2v) is 10.1. The molecule has 3 unspecified atom stereocenters. The monoisotopic (exact) mass is 385 g/mol. The number of anilines is 1. The Morgan fingerprint density at radius 2 is 1.93 bits per heavy atom. The Morgan fingerprint density at radius 3 is 2.68 bits per heavy atom. The van der Waals surface area contributed by atoms with E-state index in [-0.39, 0.29) is 11.3 Å². The first-order valence-corrected chi connectivity index (χ1v) is 11.3. The van der Waals surface area contributed by atoms with E-state index in [0.717, 1.165) is 63.2 Å². The summed E-state index contributed by atoms with van der Waals surface area (Å²) in [6.07, 6.45) is 10.6. The maximum Gasteiger partial charge on any atom is 0.324 e. The molecule has 5 fully saturated rings. The van der Waals surface area contributed by atoms with Crippen LogP contribution in [0.2, 0.25) is 0 Å². The summed E-state index contributed by atoms with van der Waals surface area (Å²) in [6.45, 7) is 4.26. The number of hydrogen-bond acceptors (Lipinski definition) is 6. The third-order valence-electron chi connectivity index (χ3n) is 8.14. The van der Waals surface area contributed by atoms with Crippen molar-refractivity contribution in [3.8, 4) is 0 Å². The fourth-order valence-corrected chi connectivity index (χ4v) is 6.19. The predicted molar refractivity (Wildman–Crippen MR) is 104 cm³/mol. The molecule has 1 amide bonds. The zero-order valence-corrected chi connectivity index (χ0v) is 16.6. The Kier molecular flexibility index (Phi) is 3.97. The van der Waals surface area contributed by atoms with Gasteiger partial charge in [0.15, 0.2) is 5.82 Å². The fourth-order valence-electron chi connectivity index (χ4n) is 6.19. The molecule has 0 radical (unpaired) electrons. The lowest BCUT2D eigenvalue weighted by Crippen LogP contribution is -2.48. The second kappa shape index (κ2) is 6.44. The summed E-state index contributed by atoms with van der Waals surface area (Å²) in [7, 11) is 0. The Labute approximate surface area is 166 Å². The van der Waals surface area contributed by atoms with Crippen LogP contribution < -0.4 is 10.2 Å². The molecule has 4 heterocycles. The highest BCUT2D eigenvalue weighted by Gasteiger charge is 2.45. The van der Waals surface area contributed by atoms with E-state index in [0.29, 0.717) is 18.0 Å². The molecular formula is C21H31N5O2. The summed E-state index contributed by atoms with van der Waals surface area (Å²) < 4.78 is 5.67. The van der Waals surface area contributed by atoms with E-state index in [2.05, 4.69) is 20.3 Å². The van der Waals surface area contributed by atoms with Crippen molar-refractivity contribution in [2.24, 2.45) is 11.3 Å². The minimum atomic E-state index is 0.242. The minimum absolute atomic E-state index is 0.242. The maximum absolute atomic E-state index is 11.7. The van der Waals surface area contributed by atoms with Crippen molar-refractivity contribution in [2.75, 3.05) is 31.1 Å². The van der Waals surface area contributed by atoms with Crippen LogP contribution in [-0.4, -0.2) is 59.2 Å². The SMILES string of the molecule is O=C1CC2(CCN(C3CCC4CC(C3)N(c3nc(C5CC5)no3)C4)CC2)CN1. The van der Waals surface area contributed by atoms with Crippen LogP contribution in [0.5, 0.6) is 0 Å². The molecule has 5 aliphatic rings. The van der Waals surface area contributed by atoms with Gasteiger partial charge in [-0.1, -0.05) is 5.16 Å². The normalized spacial score (nSPS) is 35.4. The molecule has 28 heavy (non-hydrogen) atoms. The van der Waals surface area contributed by atoms with Gasteiger partial charge in [-0.2, -0.15) is 4.98 Å². The van der Waals surface area contributed by atoms with Gasteiger partial charge >= 0.3 is 6.01 Å². The van der Waals surface area contributed by atoms with E-state index in [1.807, 2.05) is 0 Å². The van der Waals surface area contributed by atoms with Gasteiger partial charge in [-0.3, -0.25) is 4.79 Å². The number of rotatable bonds is 3. The van der Waals surface area contributed by atoms with Crippen LogP contribution in [0.3, 0.4) is 0 Å². The predicted octanol–water partition coefficient (Wildman–Crippen LogP) is 2.30. The van der Waals surface area contributed by atoms with Crippen molar-refractivity contribution in [1.82, 2.24) is 20.4 Å². The Morgan fingerprint density at radius 1 is 1.07 bits per heavy atom. The maximum atomic E-state index is 11.7. The number of likely N-dealkylation sites (tertiary alicyclic amines) is 1.